The lowest BCUT2D eigenvalue weighted by molar-refractivity contribution is 0.0128. The fourth-order valence-electron chi connectivity index (χ4n) is 3.21. The largest absolute Gasteiger partial charge is 0.438 e. The highest BCUT2D eigenvalue weighted by Crippen LogP contribution is 2.40. The third-order valence-corrected chi connectivity index (χ3v) is 6.92. The first-order chi connectivity index (χ1) is 14.4. The van der Waals surface area contributed by atoms with E-state index in [4.69, 9.17) is 11.2 Å². The van der Waals surface area contributed by atoms with Crippen LogP contribution in [0.1, 0.15) is 22.8 Å². The normalized spacial score (nSPS) is 13.5. The number of terminal acetylenes is 1. The summed E-state index contributed by atoms with van der Waals surface area (Å²) >= 11 is 0. The summed E-state index contributed by atoms with van der Waals surface area (Å²) in [5.74, 6) is -0.307. The summed E-state index contributed by atoms with van der Waals surface area (Å²) in [6.07, 6.45) is 5.58. The molecule has 0 amide bonds. The molecule has 0 bridgehead atoms. The fourth-order valence-corrected chi connectivity index (χ4v) is 5.14. The van der Waals surface area contributed by atoms with E-state index in [2.05, 4.69) is 29.5 Å². The lowest BCUT2D eigenvalue weighted by Gasteiger charge is -2.24. The van der Waals surface area contributed by atoms with Gasteiger partial charge in [-0.25, -0.2) is 13.6 Å². The maximum Gasteiger partial charge on any atom is 0.340 e. The molecule has 2 unspecified atom stereocenters. The maximum absolute atomic E-state index is 13.7. The Balaban J connectivity index is 1.66. The molecule has 1 heterocycles. The van der Waals surface area contributed by atoms with Crippen molar-refractivity contribution in [2.24, 2.45) is 0 Å². The van der Waals surface area contributed by atoms with Gasteiger partial charge in [-0.3, -0.25) is 0 Å². The van der Waals surface area contributed by atoms with Crippen LogP contribution in [-0.4, -0.2) is 5.97 Å². The van der Waals surface area contributed by atoms with Crippen molar-refractivity contribution in [2.75, 3.05) is 0 Å². The minimum Gasteiger partial charge on any atom is -0.438 e. The van der Waals surface area contributed by atoms with Crippen molar-refractivity contribution < 1.29 is 18.3 Å². The van der Waals surface area contributed by atoms with E-state index in [0.717, 1.165) is 22.4 Å². The number of hydrogen-bond acceptors (Lipinski definition) is 2. The summed E-state index contributed by atoms with van der Waals surface area (Å²) < 4.78 is 33.7. The quantitative estimate of drug-likeness (QED) is 0.213. The Labute approximate surface area is 175 Å². The average Bonchev–Trinajstić information content (AvgIpc) is 3.20. The van der Waals surface area contributed by atoms with Crippen LogP contribution >= 0.6 is 10.5 Å². The number of carbonyl (C=O) groups excluding carboxylic acids is 1. The van der Waals surface area contributed by atoms with Gasteiger partial charge in [-0.1, -0.05) is 30.2 Å². The topological polar surface area (TPSA) is 26.3 Å². The van der Waals surface area contributed by atoms with Crippen molar-refractivity contribution in [3.63, 3.8) is 0 Å². The second kappa shape index (κ2) is 7.74. The fraction of sp³-hybridized carbons (Fsp3) is 0.0800. The average molecular weight is 419 g/mol. The lowest BCUT2D eigenvalue weighted by Crippen LogP contribution is -2.27. The van der Waals surface area contributed by atoms with Gasteiger partial charge in [0.15, 0.2) is 26.8 Å². The second-order valence-electron chi connectivity index (χ2n) is 6.90. The molecule has 5 heteroatoms. The van der Waals surface area contributed by atoms with Crippen LogP contribution in [0, 0.1) is 24.0 Å². The van der Waals surface area contributed by atoms with Crippen LogP contribution in [-0.2, 0) is 10.3 Å². The summed E-state index contributed by atoms with van der Waals surface area (Å²) in [6.45, 7) is 1.47. The molecule has 0 saturated heterocycles. The molecule has 0 aliphatic rings. The molecule has 0 aliphatic carbocycles. The molecular weight excluding hydrogens is 402 g/mol. The summed E-state index contributed by atoms with van der Waals surface area (Å²) in [5.41, 5.74) is -1.02. The molecule has 148 valence electrons. The molecule has 0 spiro atoms. The van der Waals surface area contributed by atoms with Crippen molar-refractivity contribution in [1.82, 2.24) is 0 Å². The molecule has 0 radical (unpaired) electrons. The third-order valence-electron chi connectivity index (χ3n) is 4.91. The summed E-state index contributed by atoms with van der Waals surface area (Å²) in [6, 6.07) is 20.6. The number of halogens is 2. The number of hydrogen-bond donors (Lipinski definition) is 0. The molecule has 0 N–H and O–H groups in total. The number of ether oxygens (including phenoxy) is 1. The van der Waals surface area contributed by atoms with Gasteiger partial charge in [-0.2, -0.15) is 0 Å². The second-order valence-corrected chi connectivity index (χ2v) is 8.76. The number of fused-ring (bicyclic) bond motifs is 1. The summed E-state index contributed by atoms with van der Waals surface area (Å²) in [5, 5.41) is 3.27. The van der Waals surface area contributed by atoms with Gasteiger partial charge in [0.25, 0.3) is 0 Å². The molecule has 4 aromatic rings. The summed E-state index contributed by atoms with van der Waals surface area (Å²) in [4.78, 5) is 13.8. The van der Waals surface area contributed by atoms with E-state index in [1.54, 1.807) is 18.2 Å². The van der Waals surface area contributed by atoms with Gasteiger partial charge in [0.05, 0.1) is 5.56 Å². The number of esters is 1. The maximum atomic E-state index is 13.7. The molecular formula is C25H17F2O2S+. The Morgan fingerprint density at radius 3 is 2.57 bits per heavy atom. The third kappa shape index (κ3) is 3.58. The van der Waals surface area contributed by atoms with Crippen molar-refractivity contribution in [2.45, 2.75) is 12.5 Å². The van der Waals surface area contributed by atoms with E-state index in [1.807, 2.05) is 18.2 Å². The van der Waals surface area contributed by atoms with E-state index < -0.39 is 23.2 Å². The minimum atomic E-state index is -1.54. The van der Waals surface area contributed by atoms with Crippen molar-refractivity contribution in [3.8, 4) is 17.2 Å². The number of rotatable bonds is 4. The van der Waals surface area contributed by atoms with Crippen molar-refractivity contribution >= 4 is 26.5 Å². The molecule has 4 rings (SSSR count). The van der Waals surface area contributed by atoms with Gasteiger partial charge in [0.2, 0.25) is 0 Å². The SMILES string of the molecule is C#CC(C)(OC(=O)c1cccc(-[s+]2ccc3ccccc32)c1)c1ccc(F)c(F)c1. The Kier molecular flexibility index (Phi) is 5.11. The molecule has 0 aliphatic heterocycles. The highest BCUT2D eigenvalue weighted by Gasteiger charge is 2.31. The zero-order chi connectivity index (χ0) is 21.3. The standard InChI is InChI=1S/C25H17F2O2S/c1-3-25(2,19-11-12-21(26)22(27)16-19)29-24(28)18-8-6-9-20(15-18)30-14-13-17-7-4-5-10-23(17)30/h1,4-16H,2H3/q+1. The monoisotopic (exact) mass is 419 g/mol. The van der Waals surface area contributed by atoms with Crippen LogP contribution in [0.3, 0.4) is 0 Å². The first kappa shape index (κ1) is 19.8. The van der Waals surface area contributed by atoms with E-state index in [-0.39, 0.29) is 16.0 Å². The van der Waals surface area contributed by atoms with E-state index in [0.29, 0.717) is 5.56 Å². The van der Waals surface area contributed by atoms with Crippen molar-refractivity contribution in [1.29, 1.82) is 0 Å². The first-order valence-corrected chi connectivity index (χ1v) is 10.5. The zero-order valence-electron chi connectivity index (χ0n) is 16.1. The van der Waals surface area contributed by atoms with Crippen LogP contribution < -0.4 is 0 Å². The van der Waals surface area contributed by atoms with Crippen LogP contribution in [0.15, 0.2) is 78.2 Å². The predicted octanol–water partition coefficient (Wildman–Crippen LogP) is 6.56. The number of thiophene rings is 1. The molecule has 0 saturated carbocycles. The lowest BCUT2D eigenvalue weighted by atomic mass is 9.96. The molecule has 0 fully saturated rings. The minimum absolute atomic E-state index is 0.183. The van der Waals surface area contributed by atoms with Crippen LogP contribution in [0.4, 0.5) is 8.78 Å². The van der Waals surface area contributed by atoms with Crippen molar-refractivity contribution in [3.05, 3.63) is 101 Å². The molecule has 1 aromatic heterocycles. The van der Waals surface area contributed by atoms with E-state index in [1.165, 1.54) is 17.7 Å². The number of benzene rings is 3. The van der Waals surface area contributed by atoms with Gasteiger partial charge in [0.1, 0.15) is 5.38 Å². The van der Waals surface area contributed by atoms with Gasteiger partial charge in [0, 0.05) is 33.6 Å². The Bertz CT molecular complexity index is 1300. The first-order valence-electron chi connectivity index (χ1n) is 9.18. The van der Waals surface area contributed by atoms with E-state index >= 15 is 0 Å². The molecule has 30 heavy (non-hydrogen) atoms. The Morgan fingerprint density at radius 1 is 1.00 bits per heavy atom. The Hall–Kier alpha value is -3.49. The Morgan fingerprint density at radius 2 is 1.80 bits per heavy atom. The highest BCUT2D eigenvalue weighted by molar-refractivity contribution is 7.43. The molecule has 2 atom stereocenters. The molecule has 2 nitrogen and oxygen atoms in total. The van der Waals surface area contributed by atoms with Gasteiger partial charge in [-0.15, -0.1) is 6.42 Å². The predicted molar refractivity (Wildman–Crippen MR) is 116 cm³/mol. The molecule has 3 aromatic carbocycles. The van der Waals surface area contributed by atoms with E-state index in [9.17, 15) is 13.6 Å². The van der Waals surface area contributed by atoms with Gasteiger partial charge < -0.3 is 4.74 Å². The van der Waals surface area contributed by atoms with Crippen LogP contribution in [0.2, 0.25) is 0 Å². The van der Waals surface area contributed by atoms with Gasteiger partial charge in [-0.05, 0) is 43.3 Å². The van der Waals surface area contributed by atoms with Crippen LogP contribution in [0.5, 0.6) is 0 Å². The van der Waals surface area contributed by atoms with Crippen LogP contribution in [0.25, 0.3) is 15.0 Å². The number of carbonyl (C=O) groups is 1. The zero-order valence-corrected chi connectivity index (χ0v) is 16.9. The summed E-state index contributed by atoms with van der Waals surface area (Å²) in [7, 11) is -0.279. The smallest absolute Gasteiger partial charge is 0.340 e. The van der Waals surface area contributed by atoms with Gasteiger partial charge >= 0.3 is 5.97 Å². The highest BCUT2D eigenvalue weighted by atomic mass is 32.2.